The Balaban J connectivity index is 2.37. The summed E-state index contributed by atoms with van der Waals surface area (Å²) in [6, 6.07) is 17.5. The maximum atomic E-state index is 11.0. The van der Waals surface area contributed by atoms with Crippen LogP contribution < -0.4 is 5.73 Å². The first-order chi connectivity index (χ1) is 11.0. The Kier molecular flexibility index (Phi) is 5.72. The molecule has 0 bridgehead atoms. The third-order valence-corrected chi connectivity index (χ3v) is 3.87. The molecule has 2 aromatic rings. The van der Waals surface area contributed by atoms with Gasteiger partial charge < -0.3 is 10.8 Å². The smallest absolute Gasteiger partial charge is 0.320 e. The largest absolute Gasteiger partial charge is 0.480 e. The summed E-state index contributed by atoms with van der Waals surface area (Å²) in [5, 5.41) is 8.98. The van der Waals surface area contributed by atoms with Gasteiger partial charge in [-0.25, -0.2) is 0 Å². The molecule has 0 aliphatic carbocycles. The molecule has 120 valence electrons. The second kappa shape index (κ2) is 7.75. The zero-order valence-electron chi connectivity index (χ0n) is 13.6. The van der Waals surface area contributed by atoms with Crippen molar-refractivity contribution in [2.75, 3.05) is 0 Å². The van der Waals surface area contributed by atoms with Gasteiger partial charge in [-0.15, -0.1) is 0 Å². The van der Waals surface area contributed by atoms with Crippen molar-refractivity contribution in [3.63, 3.8) is 0 Å². The Labute approximate surface area is 137 Å². The number of hydrogen-bond donors (Lipinski definition) is 2. The summed E-state index contributed by atoms with van der Waals surface area (Å²) in [6.45, 7) is 4.32. The van der Waals surface area contributed by atoms with E-state index in [1.807, 2.05) is 36.4 Å². The van der Waals surface area contributed by atoms with Crippen LogP contribution in [0.2, 0.25) is 0 Å². The van der Waals surface area contributed by atoms with Crippen molar-refractivity contribution in [3.05, 3.63) is 77.4 Å². The van der Waals surface area contributed by atoms with E-state index in [0.717, 1.165) is 16.7 Å². The zero-order chi connectivity index (χ0) is 16.8. The van der Waals surface area contributed by atoms with Crippen LogP contribution in [0.4, 0.5) is 0 Å². The highest BCUT2D eigenvalue weighted by atomic mass is 16.4. The second-order valence-electron chi connectivity index (χ2n) is 5.94. The van der Waals surface area contributed by atoms with Gasteiger partial charge in [-0.1, -0.05) is 74.5 Å². The maximum absolute atomic E-state index is 11.0. The van der Waals surface area contributed by atoms with Gasteiger partial charge in [0.15, 0.2) is 0 Å². The number of aliphatic carboxylic acids is 1. The summed E-state index contributed by atoms with van der Waals surface area (Å²) < 4.78 is 0. The quantitative estimate of drug-likeness (QED) is 0.846. The van der Waals surface area contributed by atoms with Gasteiger partial charge in [0.25, 0.3) is 0 Å². The highest BCUT2D eigenvalue weighted by molar-refractivity contribution is 5.81. The van der Waals surface area contributed by atoms with Crippen LogP contribution in [0.3, 0.4) is 0 Å². The van der Waals surface area contributed by atoms with Crippen LogP contribution >= 0.6 is 0 Å². The fourth-order valence-corrected chi connectivity index (χ4v) is 2.41. The van der Waals surface area contributed by atoms with Gasteiger partial charge in [0.1, 0.15) is 6.04 Å². The average molecular weight is 309 g/mol. The number of carbonyl (C=O) groups is 1. The molecule has 1 unspecified atom stereocenters. The van der Waals surface area contributed by atoms with Crippen LogP contribution in [0.5, 0.6) is 0 Å². The summed E-state index contributed by atoms with van der Waals surface area (Å²) >= 11 is 0. The number of carboxylic acid groups (broad SMARTS) is 1. The summed E-state index contributed by atoms with van der Waals surface area (Å²) in [7, 11) is 0. The minimum Gasteiger partial charge on any atom is -0.480 e. The van der Waals surface area contributed by atoms with Crippen molar-refractivity contribution in [2.24, 2.45) is 5.73 Å². The number of rotatable bonds is 6. The fourth-order valence-electron chi connectivity index (χ4n) is 2.41. The monoisotopic (exact) mass is 309 g/mol. The molecule has 2 aromatic carbocycles. The lowest BCUT2D eigenvalue weighted by molar-refractivity contribution is -0.138. The Bertz CT molecular complexity index is 673. The lowest BCUT2D eigenvalue weighted by Gasteiger charge is -2.12. The molecule has 0 aliphatic heterocycles. The molecule has 0 amide bonds. The van der Waals surface area contributed by atoms with E-state index >= 15 is 0 Å². The molecule has 2 rings (SSSR count). The molecule has 0 saturated heterocycles. The molecule has 0 radical (unpaired) electrons. The van der Waals surface area contributed by atoms with Crippen LogP contribution in [0, 0.1) is 0 Å². The fraction of sp³-hybridized carbons (Fsp3) is 0.250. The van der Waals surface area contributed by atoms with Crippen LogP contribution in [-0.4, -0.2) is 17.1 Å². The van der Waals surface area contributed by atoms with E-state index in [1.165, 1.54) is 5.56 Å². The van der Waals surface area contributed by atoms with Crippen molar-refractivity contribution in [1.29, 1.82) is 0 Å². The van der Waals surface area contributed by atoms with Crippen LogP contribution in [0.1, 0.15) is 42.9 Å². The SMILES string of the molecule is CC(C)c1ccc(/C(=C\CC(N)C(=O)O)c2ccccc2)cc1. The van der Waals surface area contributed by atoms with E-state index in [1.54, 1.807) is 0 Å². The Hall–Kier alpha value is -2.39. The van der Waals surface area contributed by atoms with Crippen LogP contribution in [0.25, 0.3) is 5.57 Å². The van der Waals surface area contributed by atoms with E-state index in [0.29, 0.717) is 12.3 Å². The summed E-state index contributed by atoms with van der Waals surface area (Å²) in [4.78, 5) is 11.0. The van der Waals surface area contributed by atoms with Crippen LogP contribution in [-0.2, 0) is 4.79 Å². The molecule has 0 spiro atoms. The van der Waals surface area contributed by atoms with E-state index in [9.17, 15) is 4.79 Å². The van der Waals surface area contributed by atoms with E-state index in [-0.39, 0.29) is 0 Å². The Morgan fingerprint density at radius 1 is 1.04 bits per heavy atom. The van der Waals surface area contributed by atoms with E-state index < -0.39 is 12.0 Å². The van der Waals surface area contributed by atoms with Gasteiger partial charge in [-0.2, -0.15) is 0 Å². The van der Waals surface area contributed by atoms with E-state index in [2.05, 4.69) is 38.1 Å². The van der Waals surface area contributed by atoms with E-state index in [4.69, 9.17) is 10.8 Å². The van der Waals surface area contributed by atoms with Crippen molar-refractivity contribution >= 4 is 11.5 Å². The molecule has 1 atom stereocenters. The number of benzene rings is 2. The first-order valence-electron chi connectivity index (χ1n) is 7.83. The molecule has 3 nitrogen and oxygen atoms in total. The third-order valence-electron chi connectivity index (χ3n) is 3.87. The lowest BCUT2D eigenvalue weighted by Crippen LogP contribution is -2.29. The maximum Gasteiger partial charge on any atom is 0.320 e. The first kappa shape index (κ1) is 17.0. The second-order valence-corrected chi connectivity index (χ2v) is 5.94. The van der Waals surface area contributed by atoms with Crippen molar-refractivity contribution in [2.45, 2.75) is 32.2 Å². The number of carboxylic acids is 1. The minimum atomic E-state index is -0.983. The van der Waals surface area contributed by atoms with Crippen molar-refractivity contribution in [3.8, 4) is 0 Å². The summed E-state index contributed by atoms with van der Waals surface area (Å²) in [6.07, 6.45) is 2.21. The third kappa shape index (κ3) is 4.54. The first-order valence-corrected chi connectivity index (χ1v) is 7.83. The topological polar surface area (TPSA) is 63.3 Å². The highest BCUT2D eigenvalue weighted by Crippen LogP contribution is 2.26. The molecular weight excluding hydrogens is 286 g/mol. The van der Waals surface area contributed by atoms with Crippen LogP contribution in [0.15, 0.2) is 60.7 Å². The van der Waals surface area contributed by atoms with Gasteiger partial charge in [0, 0.05) is 0 Å². The molecule has 0 saturated carbocycles. The predicted molar refractivity (Wildman–Crippen MR) is 94.3 cm³/mol. The highest BCUT2D eigenvalue weighted by Gasteiger charge is 2.11. The average Bonchev–Trinajstić information content (AvgIpc) is 2.56. The summed E-state index contributed by atoms with van der Waals surface area (Å²) in [5.74, 6) is -0.502. The van der Waals surface area contributed by atoms with Gasteiger partial charge in [-0.3, -0.25) is 4.79 Å². The van der Waals surface area contributed by atoms with Gasteiger partial charge in [0.2, 0.25) is 0 Å². The van der Waals surface area contributed by atoms with Gasteiger partial charge >= 0.3 is 5.97 Å². The molecule has 0 heterocycles. The van der Waals surface area contributed by atoms with Gasteiger partial charge in [0.05, 0.1) is 0 Å². The Morgan fingerprint density at radius 2 is 1.61 bits per heavy atom. The lowest BCUT2D eigenvalue weighted by atomic mass is 9.93. The van der Waals surface area contributed by atoms with Crippen molar-refractivity contribution < 1.29 is 9.90 Å². The normalized spacial score (nSPS) is 13.1. The predicted octanol–water partition coefficient (Wildman–Crippen LogP) is 4.04. The molecule has 3 N–H and O–H groups in total. The summed E-state index contributed by atoms with van der Waals surface area (Å²) in [5.41, 5.74) is 10.1. The van der Waals surface area contributed by atoms with Crippen molar-refractivity contribution in [1.82, 2.24) is 0 Å². The molecule has 0 aliphatic rings. The molecule has 0 aromatic heterocycles. The number of nitrogens with two attached hydrogens (primary N) is 1. The molecule has 3 heteroatoms. The Morgan fingerprint density at radius 3 is 2.13 bits per heavy atom. The molecular formula is C20H23NO2. The molecule has 0 fully saturated rings. The zero-order valence-corrected chi connectivity index (χ0v) is 13.6. The van der Waals surface area contributed by atoms with Gasteiger partial charge in [-0.05, 0) is 34.6 Å². The molecule has 23 heavy (non-hydrogen) atoms. The minimum absolute atomic E-state index is 0.297. The number of hydrogen-bond acceptors (Lipinski definition) is 2. The standard InChI is InChI=1S/C20H23NO2/c1-14(2)15-8-10-17(11-9-15)18(12-13-19(21)20(22)23)16-6-4-3-5-7-16/h3-12,14,19H,13,21H2,1-2H3,(H,22,23)/b18-12-.